The van der Waals surface area contributed by atoms with Gasteiger partial charge in [-0.2, -0.15) is 0 Å². The van der Waals surface area contributed by atoms with Gasteiger partial charge in [-0.1, -0.05) is 43.0 Å². The molecule has 0 spiro atoms. The summed E-state index contributed by atoms with van der Waals surface area (Å²) in [6.07, 6.45) is 0.567. The Hall–Kier alpha value is -0.870. The summed E-state index contributed by atoms with van der Waals surface area (Å²) >= 11 is 0. The van der Waals surface area contributed by atoms with Gasteiger partial charge in [-0.05, 0) is 61.5 Å². The molecule has 1 aromatic rings. The molecule has 0 bridgehead atoms. The molecule has 0 saturated heterocycles. The largest absolute Gasteiger partial charge is 0.444 e. The van der Waals surface area contributed by atoms with E-state index in [1.807, 2.05) is 40.7 Å². The lowest BCUT2D eigenvalue weighted by Gasteiger charge is -2.19. The van der Waals surface area contributed by atoms with Crippen LogP contribution in [0.1, 0.15) is 51.3 Å². The van der Waals surface area contributed by atoms with Gasteiger partial charge in [-0.25, -0.2) is 4.79 Å². The Morgan fingerprint density at radius 1 is 1.32 bits per heavy atom. The number of aryl methyl sites for hydroxylation is 2. The molecule has 0 radical (unpaired) electrons. The lowest BCUT2D eigenvalue weighted by Crippen LogP contribution is -2.32. The van der Waals surface area contributed by atoms with Crippen LogP contribution in [0, 0.1) is 6.92 Å². The minimum Gasteiger partial charge on any atom is -0.444 e. The number of amides is 1. The van der Waals surface area contributed by atoms with E-state index < -0.39 is 11.7 Å². The summed E-state index contributed by atoms with van der Waals surface area (Å²) in [6.45, 7) is 12.1. The van der Waals surface area contributed by atoms with Crippen LogP contribution >= 0.6 is 21.7 Å². The molecule has 22 heavy (non-hydrogen) atoms. The fraction of sp³-hybridized carbons (Fsp3) is 0.588. The Kier molecular flexibility index (Phi) is 10.4. The smallest absolute Gasteiger partial charge is 0.407 e. The van der Waals surface area contributed by atoms with Crippen molar-refractivity contribution in [1.82, 2.24) is 5.32 Å². The molecular formula is C17H28ClNO2S. The number of rotatable bonds is 5. The summed E-state index contributed by atoms with van der Waals surface area (Å²) in [5.41, 5.74) is 3.11. The van der Waals surface area contributed by atoms with E-state index >= 15 is 0 Å². The maximum atomic E-state index is 11.6. The predicted octanol–water partition coefficient (Wildman–Crippen LogP) is 5.48. The molecule has 0 aliphatic heterocycles. The third-order valence-electron chi connectivity index (χ3n) is 2.69. The number of carbonyl (C=O) groups is 1. The summed E-state index contributed by atoms with van der Waals surface area (Å²) in [5, 5.41) is 2.76. The van der Waals surface area contributed by atoms with Crippen LogP contribution < -0.4 is 5.32 Å². The van der Waals surface area contributed by atoms with Crippen molar-refractivity contribution < 1.29 is 9.53 Å². The Morgan fingerprint density at radius 3 is 2.45 bits per heavy atom. The summed E-state index contributed by atoms with van der Waals surface area (Å²) in [5.74, 6) is 0.901. The number of benzene rings is 1. The monoisotopic (exact) mass is 345 g/mol. The first-order valence-corrected chi connectivity index (χ1v) is 9.42. The molecule has 0 fully saturated rings. The van der Waals surface area contributed by atoms with Gasteiger partial charge in [0.15, 0.2) is 0 Å². The van der Waals surface area contributed by atoms with E-state index in [2.05, 4.69) is 24.4 Å². The van der Waals surface area contributed by atoms with Gasteiger partial charge in [0, 0.05) is 12.3 Å². The zero-order valence-electron chi connectivity index (χ0n) is 14.5. The first kappa shape index (κ1) is 21.1. The number of alkyl carbamates (subject to hydrolysis) is 1. The highest BCUT2D eigenvalue weighted by Crippen LogP contribution is 2.16. The molecule has 1 aromatic carbocycles. The maximum Gasteiger partial charge on any atom is 0.407 e. The third kappa shape index (κ3) is 9.21. The average Bonchev–Trinajstić information content (AvgIpc) is 2.44. The molecule has 1 amide bonds. The molecule has 1 rings (SSSR count). The van der Waals surface area contributed by atoms with Gasteiger partial charge in [0.2, 0.25) is 0 Å². The van der Waals surface area contributed by atoms with Crippen molar-refractivity contribution in [3.63, 3.8) is 0 Å². The number of hydrogen-bond acceptors (Lipinski definition) is 3. The zero-order chi connectivity index (χ0) is 17.2. The Morgan fingerprint density at radius 2 is 1.95 bits per heavy atom. The third-order valence-corrected chi connectivity index (χ3v) is 3.51. The molecule has 0 atom stereocenters. The van der Waals surface area contributed by atoms with E-state index in [0.717, 1.165) is 17.7 Å². The van der Waals surface area contributed by atoms with Gasteiger partial charge < -0.3 is 10.1 Å². The van der Waals surface area contributed by atoms with E-state index in [4.69, 9.17) is 15.4 Å². The minimum atomic E-state index is -0.469. The molecule has 1 N–H and O–H groups in total. The van der Waals surface area contributed by atoms with Crippen molar-refractivity contribution in [1.29, 1.82) is 0 Å². The van der Waals surface area contributed by atoms with Gasteiger partial charge >= 0.3 is 6.09 Å². The standard InChI is InChI=1S/C15H22ClNO2S.C2H6/c1-11-9-12(5-6-13(11)7-8-20-16)10-17-14(18)19-15(2,3)4;1-2/h5-6,9H,7-8,10H2,1-4H3,(H,17,18);1-2H3. The second kappa shape index (κ2) is 10.8. The lowest BCUT2D eigenvalue weighted by molar-refractivity contribution is 0.0523. The van der Waals surface area contributed by atoms with Crippen LogP contribution in [0.4, 0.5) is 4.79 Å². The highest BCUT2D eigenvalue weighted by molar-refractivity contribution is 8.21. The van der Waals surface area contributed by atoms with Gasteiger partial charge in [-0.3, -0.25) is 0 Å². The van der Waals surface area contributed by atoms with Crippen molar-refractivity contribution in [2.45, 2.75) is 60.1 Å². The quantitative estimate of drug-likeness (QED) is 0.768. The highest BCUT2D eigenvalue weighted by Gasteiger charge is 2.15. The number of ether oxygens (including phenoxy) is 1. The normalized spacial score (nSPS) is 10.5. The minimum absolute atomic E-state index is 0.391. The van der Waals surface area contributed by atoms with Crippen LogP contribution in [0.3, 0.4) is 0 Å². The van der Waals surface area contributed by atoms with Crippen LogP contribution in [0.25, 0.3) is 0 Å². The Labute approximate surface area is 143 Å². The van der Waals surface area contributed by atoms with E-state index in [1.165, 1.54) is 22.1 Å². The second-order valence-electron chi connectivity index (χ2n) is 5.68. The lowest BCUT2D eigenvalue weighted by atomic mass is 10.0. The Balaban J connectivity index is 0.00000211. The average molecular weight is 346 g/mol. The molecule has 126 valence electrons. The van der Waals surface area contributed by atoms with Crippen LogP contribution in [-0.2, 0) is 17.7 Å². The summed E-state index contributed by atoms with van der Waals surface area (Å²) in [6, 6.07) is 6.21. The van der Waals surface area contributed by atoms with E-state index in [1.54, 1.807) is 0 Å². The number of hydrogen-bond donors (Lipinski definition) is 1. The van der Waals surface area contributed by atoms with Crippen molar-refractivity contribution in [2.24, 2.45) is 0 Å². The first-order chi connectivity index (χ1) is 10.3. The molecule has 0 saturated carbocycles. The van der Waals surface area contributed by atoms with Gasteiger partial charge in [-0.15, -0.1) is 0 Å². The first-order valence-electron chi connectivity index (χ1n) is 7.60. The molecule has 0 unspecified atom stereocenters. The van der Waals surface area contributed by atoms with Crippen molar-refractivity contribution in [3.05, 3.63) is 34.9 Å². The molecule has 3 nitrogen and oxygen atoms in total. The fourth-order valence-corrected chi connectivity index (χ4v) is 2.31. The SMILES string of the molecule is CC.Cc1cc(CNC(=O)OC(C)(C)C)ccc1CCSCl. The van der Waals surface area contributed by atoms with E-state index in [0.29, 0.717) is 6.54 Å². The Bertz CT molecular complexity index is 458. The van der Waals surface area contributed by atoms with Gasteiger partial charge in [0.05, 0.1) is 0 Å². The summed E-state index contributed by atoms with van der Waals surface area (Å²) < 4.78 is 5.20. The molecule has 5 heteroatoms. The molecular weight excluding hydrogens is 318 g/mol. The summed E-state index contributed by atoms with van der Waals surface area (Å²) in [4.78, 5) is 11.6. The maximum absolute atomic E-state index is 11.6. The number of halogens is 1. The topological polar surface area (TPSA) is 38.3 Å². The van der Waals surface area contributed by atoms with Crippen molar-refractivity contribution in [3.8, 4) is 0 Å². The number of carbonyl (C=O) groups excluding carboxylic acids is 1. The fourth-order valence-electron chi connectivity index (χ4n) is 1.79. The van der Waals surface area contributed by atoms with E-state index in [-0.39, 0.29) is 0 Å². The zero-order valence-corrected chi connectivity index (χ0v) is 16.0. The number of nitrogens with one attached hydrogen (secondary N) is 1. The second-order valence-corrected chi connectivity index (χ2v) is 6.96. The molecule has 0 aliphatic rings. The van der Waals surface area contributed by atoms with Crippen molar-refractivity contribution in [2.75, 3.05) is 5.75 Å². The van der Waals surface area contributed by atoms with Gasteiger partial charge in [0.25, 0.3) is 0 Å². The van der Waals surface area contributed by atoms with Crippen LogP contribution in [0.5, 0.6) is 0 Å². The van der Waals surface area contributed by atoms with Crippen LogP contribution in [0.15, 0.2) is 18.2 Å². The van der Waals surface area contributed by atoms with Crippen LogP contribution in [0.2, 0.25) is 0 Å². The predicted molar refractivity (Wildman–Crippen MR) is 97.6 cm³/mol. The molecule has 0 heterocycles. The van der Waals surface area contributed by atoms with Crippen molar-refractivity contribution >= 4 is 27.8 Å². The molecule has 0 aromatic heterocycles. The van der Waals surface area contributed by atoms with E-state index in [9.17, 15) is 4.79 Å². The summed E-state index contributed by atoms with van der Waals surface area (Å²) in [7, 11) is 6.96. The molecule has 0 aliphatic carbocycles. The highest BCUT2D eigenvalue weighted by atomic mass is 35.7. The van der Waals surface area contributed by atoms with Gasteiger partial charge in [0.1, 0.15) is 5.60 Å². The van der Waals surface area contributed by atoms with Crippen LogP contribution in [-0.4, -0.2) is 17.4 Å².